The average Bonchev–Trinajstić information content (AvgIpc) is 2.65. The summed E-state index contributed by atoms with van der Waals surface area (Å²) in [7, 11) is 5.05. The Kier molecular flexibility index (Phi) is 6.97. The highest BCUT2D eigenvalue weighted by Crippen LogP contribution is 2.34. The summed E-state index contributed by atoms with van der Waals surface area (Å²) in [5, 5.41) is 0. The maximum Gasteiger partial charge on any atom is 0.129 e. The molecule has 1 unspecified atom stereocenters. The Morgan fingerprint density at radius 1 is 0.920 bits per heavy atom. The molecule has 0 fully saturated rings. The van der Waals surface area contributed by atoms with Crippen LogP contribution < -0.4 is 31.5 Å². The van der Waals surface area contributed by atoms with Gasteiger partial charge in [0.1, 0.15) is 23.8 Å². The normalized spacial score (nSPS) is 15.7. The van der Waals surface area contributed by atoms with Crippen LogP contribution in [0.4, 0.5) is 0 Å². The quantitative estimate of drug-likeness (QED) is 0.707. The molecule has 3 rings (SSSR count). The van der Waals surface area contributed by atoms with Gasteiger partial charge in [-0.05, 0) is 5.56 Å². The fraction of sp³-hybridized carbons (Fsp3) is 0.400. The van der Waals surface area contributed by atoms with Crippen molar-refractivity contribution in [1.82, 2.24) is 0 Å². The van der Waals surface area contributed by atoms with Gasteiger partial charge in [0, 0.05) is 36.1 Å². The van der Waals surface area contributed by atoms with Crippen LogP contribution in [0.2, 0.25) is 0 Å². The zero-order valence-corrected chi connectivity index (χ0v) is 15.9. The molecule has 2 aromatic rings. The summed E-state index contributed by atoms with van der Waals surface area (Å²) in [6.07, 6.45) is 2.08. The van der Waals surface area contributed by atoms with Crippen LogP contribution in [-0.4, -0.2) is 34.4 Å². The minimum absolute atomic E-state index is 0. The SMILES string of the molecule is COc1cc(OC)c(CC[NH+]2CCc3ccccc3C2)c(OC)c1.[Cl-]. The van der Waals surface area contributed by atoms with Gasteiger partial charge < -0.3 is 31.5 Å². The first-order valence-corrected chi connectivity index (χ1v) is 8.44. The first-order chi connectivity index (χ1) is 11.7. The van der Waals surface area contributed by atoms with Crippen molar-refractivity contribution in [2.45, 2.75) is 19.4 Å². The first kappa shape index (κ1) is 19.4. The predicted octanol–water partition coefficient (Wildman–Crippen LogP) is -1.10. The van der Waals surface area contributed by atoms with Crippen molar-refractivity contribution in [1.29, 1.82) is 0 Å². The molecule has 1 atom stereocenters. The number of rotatable bonds is 6. The van der Waals surface area contributed by atoms with Gasteiger partial charge in [0.15, 0.2) is 0 Å². The zero-order valence-electron chi connectivity index (χ0n) is 15.1. The Bertz CT molecular complexity index is 680. The Morgan fingerprint density at radius 3 is 2.16 bits per heavy atom. The summed E-state index contributed by atoms with van der Waals surface area (Å²) < 4.78 is 16.4. The lowest BCUT2D eigenvalue weighted by molar-refractivity contribution is -0.915. The number of nitrogens with one attached hydrogen (secondary N) is 1. The van der Waals surface area contributed by atoms with E-state index in [0.29, 0.717) is 0 Å². The molecule has 25 heavy (non-hydrogen) atoms. The lowest BCUT2D eigenvalue weighted by atomic mass is 9.99. The van der Waals surface area contributed by atoms with Crippen LogP contribution in [0.1, 0.15) is 16.7 Å². The second kappa shape index (κ2) is 8.97. The molecule has 0 saturated carbocycles. The van der Waals surface area contributed by atoms with Gasteiger partial charge in [0.25, 0.3) is 0 Å². The molecule has 4 nitrogen and oxygen atoms in total. The molecule has 0 bridgehead atoms. The van der Waals surface area contributed by atoms with Crippen LogP contribution in [0, 0.1) is 0 Å². The highest BCUT2D eigenvalue weighted by atomic mass is 35.5. The minimum atomic E-state index is 0. The smallest absolute Gasteiger partial charge is 0.129 e. The lowest BCUT2D eigenvalue weighted by Gasteiger charge is -2.26. The van der Waals surface area contributed by atoms with Crippen molar-refractivity contribution in [3.05, 3.63) is 53.1 Å². The van der Waals surface area contributed by atoms with E-state index in [9.17, 15) is 0 Å². The van der Waals surface area contributed by atoms with Gasteiger partial charge in [-0.2, -0.15) is 0 Å². The molecule has 0 amide bonds. The largest absolute Gasteiger partial charge is 1.00 e. The van der Waals surface area contributed by atoms with Gasteiger partial charge in [-0.1, -0.05) is 24.3 Å². The molecule has 0 saturated heterocycles. The standard InChI is InChI=1S/C20H25NO3.ClH/c1-22-17-12-19(23-2)18(20(13-17)24-3)9-11-21-10-8-15-6-4-5-7-16(15)14-21;/h4-7,12-13H,8-11,14H2,1-3H3;1H. The van der Waals surface area contributed by atoms with E-state index in [4.69, 9.17) is 14.2 Å². The number of hydrogen-bond donors (Lipinski definition) is 1. The summed E-state index contributed by atoms with van der Waals surface area (Å²) in [6, 6.07) is 12.6. The van der Waals surface area contributed by atoms with E-state index in [-0.39, 0.29) is 12.4 Å². The van der Waals surface area contributed by atoms with Crippen molar-refractivity contribution in [2.24, 2.45) is 0 Å². The van der Waals surface area contributed by atoms with E-state index in [2.05, 4.69) is 24.3 Å². The number of quaternary nitrogens is 1. The van der Waals surface area contributed by atoms with Crippen LogP contribution in [0.5, 0.6) is 17.2 Å². The van der Waals surface area contributed by atoms with E-state index in [1.807, 2.05) is 12.1 Å². The van der Waals surface area contributed by atoms with Crippen molar-refractivity contribution >= 4 is 0 Å². The highest BCUT2D eigenvalue weighted by Gasteiger charge is 2.21. The van der Waals surface area contributed by atoms with Gasteiger partial charge in [-0.15, -0.1) is 0 Å². The van der Waals surface area contributed by atoms with E-state index < -0.39 is 0 Å². The summed E-state index contributed by atoms with van der Waals surface area (Å²) in [5.41, 5.74) is 4.10. The first-order valence-electron chi connectivity index (χ1n) is 8.44. The number of benzene rings is 2. The van der Waals surface area contributed by atoms with Crippen LogP contribution >= 0.6 is 0 Å². The Balaban J connectivity index is 0.00000225. The van der Waals surface area contributed by atoms with Crippen LogP contribution in [0.3, 0.4) is 0 Å². The monoisotopic (exact) mass is 363 g/mol. The second-order valence-electron chi connectivity index (χ2n) is 6.21. The average molecular weight is 364 g/mol. The molecular weight excluding hydrogens is 338 g/mol. The molecule has 1 N–H and O–H groups in total. The predicted molar refractivity (Wildman–Crippen MR) is 94.3 cm³/mol. The number of fused-ring (bicyclic) bond motifs is 1. The topological polar surface area (TPSA) is 32.1 Å². The number of hydrogen-bond acceptors (Lipinski definition) is 3. The highest BCUT2D eigenvalue weighted by molar-refractivity contribution is 5.50. The van der Waals surface area contributed by atoms with Crippen LogP contribution in [-0.2, 0) is 19.4 Å². The van der Waals surface area contributed by atoms with Crippen LogP contribution in [0.15, 0.2) is 36.4 Å². The Labute approximate surface area is 156 Å². The molecule has 0 aromatic heterocycles. The number of methoxy groups -OCH3 is 3. The van der Waals surface area contributed by atoms with Crippen molar-refractivity contribution < 1.29 is 31.5 Å². The summed E-state index contributed by atoms with van der Waals surface area (Å²) in [6.45, 7) is 3.34. The fourth-order valence-electron chi connectivity index (χ4n) is 3.48. The minimum Gasteiger partial charge on any atom is -1.00 e. The Hall–Kier alpha value is -1.91. The lowest BCUT2D eigenvalue weighted by Crippen LogP contribution is -3.12. The molecule has 0 radical (unpaired) electrons. The van der Waals surface area contributed by atoms with E-state index in [1.165, 1.54) is 17.7 Å². The maximum absolute atomic E-state index is 5.56. The molecule has 0 spiro atoms. The van der Waals surface area contributed by atoms with Gasteiger partial charge in [0.05, 0.1) is 34.4 Å². The van der Waals surface area contributed by atoms with Gasteiger partial charge in [0.2, 0.25) is 0 Å². The molecule has 1 heterocycles. The number of ether oxygens (including phenoxy) is 3. The molecule has 136 valence electrons. The fourth-order valence-corrected chi connectivity index (χ4v) is 3.48. The van der Waals surface area contributed by atoms with Gasteiger partial charge in [-0.3, -0.25) is 0 Å². The third kappa shape index (κ3) is 4.39. The molecule has 1 aliphatic rings. The number of halogens is 1. The molecule has 5 heteroatoms. The summed E-state index contributed by atoms with van der Waals surface area (Å²) in [5.74, 6) is 2.43. The van der Waals surface area contributed by atoms with Crippen molar-refractivity contribution in [3.63, 3.8) is 0 Å². The maximum atomic E-state index is 5.56. The molecule has 2 aromatic carbocycles. The van der Waals surface area contributed by atoms with E-state index in [0.717, 1.165) is 48.7 Å². The molecule has 0 aliphatic carbocycles. The third-order valence-electron chi connectivity index (χ3n) is 4.85. The van der Waals surface area contributed by atoms with Gasteiger partial charge in [-0.25, -0.2) is 0 Å². The second-order valence-corrected chi connectivity index (χ2v) is 6.21. The summed E-state index contributed by atoms with van der Waals surface area (Å²) in [4.78, 5) is 1.61. The van der Waals surface area contributed by atoms with Crippen molar-refractivity contribution in [3.8, 4) is 17.2 Å². The van der Waals surface area contributed by atoms with Crippen molar-refractivity contribution in [2.75, 3.05) is 34.4 Å². The van der Waals surface area contributed by atoms with Crippen LogP contribution in [0.25, 0.3) is 0 Å². The zero-order chi connectivity index (χ0) is 16.9. The third-order valence-corrected chi connectivity index (χ3v) is 4.85. The summed E-state index contributed by atoms with van der Waals surface area (Å²) >= 11 is 0. The van der Waals surface area contributed by atoms with Gasteiger partial charge >= 0.3 is 0 Å². The van der Waals surface area contributed by atoms with E-state index >= 15 is 0 Å². The molecular formula is C20H26ClNO3. The molecule has 1 aliphatic heterocycles. The Morgan fingerprint density at radius 2 is 1.56 bits per heavy atom. The van der Waals surface area contributed by atoms with E-state index in [1.54, 1.807) is 26.2 Å².